The van der Waals surface area contributed by atoms with Crippen molar-refractivity contribution >= 4 is 29.1 Å². The maximum atomic E-state index is 13.4. The van der Waals surface area contributed by atoms with E-state index >= 15 is 0 Å². The van der Waals surface area contributed by atoms with Crippen molar-refractivity contribution in [2.24, 2.45) is 11.3 Å². The van der Waals surface area contributed by atoms with E-state index in [0.29, 0.717) is 18.8 Å². The molecular weight excluding hydrogens is 599 g/mol. The smallest absolute Gasteiger partial charge is 0.394 e. The number of alkyl halides is 5. The van der Waals surface area contributed by atoms with Gasteiger partial charge in [-0.15, -0.1) is 0 Å². The predicted octanol–water partition coefficient (Wildman–Crippen LogP) is 5.35. The predicted molar refractivity (Wildman–Crippen MR) is 140 cm³/mol. The van der Waals surface area contributed by atoms with Crippen molar-refractivity contribution in [3.8, 4) is 17.1 Å². The van der Waals surface area contributed by atoms with E-state index in [0.717, 1.165) is 26.7 Å². The number of ether oxygens (including phenoxy) is 1. The number of amides is 1. The Bertz CT molecular complexity index is 1240. The van der Waals surface area contributed by atoms with Crippen LogP contribution in [0, 0.1) is 11.3 Å². The van der Waals surface area contributed by atoms with Crippen LogP contribution in [0.2, 0.25) is 5.02 Å². The maximum Gasteiger partial charge on any atom is 0.394 e. The van der Waals surface area contributed by atoms with Gasteiger partial charge in [0.1, 0.15) is 0 Å². The molecule has 0 spiro atoms. The van der Waals surface area contributed by atoms with Crippen LogP contribution in [0.1, 0.15) is 69.6 Å². The highest BCUT2D eigenvalue weighted by Crippen LogP contribution is 2.42. The molecule has 1 fully saturated rings. The number of carbonyl (C=O) groups is 1. The Morgan fingerprint density at radius 2 is 1.85 bits per heavy atom. The van der Waals surface area contributed by atoms with Gasteiger partial charge in [-0.3, -0.25) is 9.48 Å². The van der Waals surface area contributed by atoms with Gasteiger partial charge in [0.25, 0.3) is 5.91 Å². The lowest BCUT2D eigenvalue weighted by molar-refractivity contribution is -0.211. The monoisotopic (exact) mass is 630 g/mol. The largest absolute Gasteiger partial charge is 0.416 e. The molecule has 0 radical (unpaired) electrons. The summed E-state index contributed by atoms with van der Waals surface area (Å²) < 4.78 is 89.0. The third-order valence-corrected chi connectivity index (χ3v) is 7.31. The van der Waals surface area contributed by atoms with Gasteiger partial charge in [-0.05, 0) is 50.7 Å². The van der Waals surface area contributed by atoms with Gasteiger partial charge in [-0.1, -0.05) is 32.4 Å². The van der Waals surface area contributed by atoms with Crippen LogP contribution >= 0.6 is 11.6 Å². The number of aromatic nitrogens is 3. The zero-order valence-electron chi connectivity index (χ0n) is 22.9. The Morgan fingerprint density at radius 3 is 2.37 bits per heavy atom. The summed E-state index contributed by atoms with van der Waals surface area (Å²) in [5.74, 6) is -0.805. The highest BCUT2D eigenvalue weighted by molar-refractivity contribution is 7.51. The van der Waals surface area contributed by atoms with Crippen molar-refractivity contribution in [3.63, 3.8) is 0 Å². The molecule has 3 rings (SSSR count). The number of rotatable bonds is 9. The first-order chi connectivity index (χ1) is 19.0. The van der Waals surface area contributed by atoms with E-state index in [1.807, 2.05) is 0 Å². The molecule has 41 heavy (non-hydrogen) atoms. The lowest BCUT2D eigenvalue weighted by atomic mass is 9.79. The van der Waals surface area contributed by atoms with Gasteiger partial charge in [0, 0.05) is 25.2 Å². The van der Waals surface area contributed by atoms with Crippen molar-refractivity contribution in [1.29, 1.82) is 0 Å². The van der Waals surface area contributed by atoms with Crippen molar-refractivity contribution in [2.75, 3.05) is 6.54 Å². The fourth-order valence-corrected chi connectivity index (χ4v) is 4.68. The third kappa shape index (κ3) is 8.92. The third-order valence-electron chi connectivity index (χ3n) is 6.96. The minimum absolute atomic E-state index is 0.00577. The quantitative estimate of drug-likeness (QED) is 0.358. The van der Waals surface area contributed by atoms with Crippen LogP contribution in [0.15, 0.2) is 12.1 Å². The Hall–Kier alpha value is -2.65. The van der Waals surface area contributed by atoms with Gasteiger partial charge in [0.05, 0.1) is 27.3 Å². The van der Waals surface area contributed by atoms with E-state index in [4.69, 9.17) is 20.0 Å². The molecule has 0 aromatic carbocycles. The topological polar surface area (TPSA) is 123 Å². The van der Waals surface area contributed by atoms with E-state index in [2.05, 4.69) is 27.1 Å². The Morgan fingerprint density at radius 1 is 1.27 bits per heavy atom. The van der Waals surface area contributed by atoms with Gasteiger partial charge in [0.2, 0.25) is 5.88 Å². The Balaban J connectivity index is 0.00000187. The number of halogens is 6. The molecule has 0 aliphatic heterocycles. The summed E-state index contributed by atoms with van der Waals surface area (Å²) in [6, 6.07) is 2.54. The van der Waals surface area contributed by atoms with E-state index in [-0.39, 0.29) is 40.8 Å². The van der Waals surface area contributed by atoms with E-state index < -0.39 is 53.6 Å². The molecule has 2 aromatic heterocycles. The van der Waals surface area contributed by atoms with Gasteiger partial charge in [0.15, 0.2) is 5.69 Å². The Kier molecular flexibility index (Phi) is 11.8. The van der Waals surface area contributed by atoms with E-state index in [9.17, 15) is 31.9 Å². The van der Waals surface area contributed by atoms with Crippen LogP contribution in [0.5, 0.6) is 5.88 Å². The summed E-state index contributed by atoms with van der Waals surface area (Å²) in [7, 11) is 0. The second-order valence-corrected chi connectivity index (χ2v) is 11.1. The van der Waals surface area contributed by atoms with Crippen LogP contribution in [0.3, 0.4) is 0 Å². The second kappa shape index (κ2) is 14.0. The van der Waals surface area contributed by atoms with Crippen molar-refractivity contribution in [1.82, 2.24) is 20.1 Å². The lowest BCUT2D eigenvalue weighted by Gasteiger charge is -2.34. The van der Waals surface area contributed by atoms with Crippen LogP contribution in [-0.4, -0.2) is 59.1 Å². The molecule has 1 aliphatic rings. The number of hydrogen-bond acceptors (Lipinski definition) is 7. The van der Waals surface area contributed by atoms with Crippen LogP contribution < -0.4 is 10.1 Å². The molecule has 1 amide bonds. The lowest BCUT2D eigenvalue weighted by Crippen LogP contribution is -2.45. The molecule has 1 saturated carbocycles. The Labute approximate surface area is 242 Å². The molecule has 230 valence electrons. The first-order valence-electron chi connectivity index (χ1n) is 12.7. The minimum atomic E-state index is -4.55. The van der Waals surface area contributed by atoms with Crippen molar-refractivity contribution in [2.45, 2.75) is 84.7 Å². The van der Waals surface area contributed by atoms with Gasteiger partial charge in [-0.2, -0.15) is 35.5 Å². The van der Waals surface area contributed by atoms with Crippen molar-refractivity contribution in [3.05, 3.63) is 28.5 Å². The number of aryl methyl sites for hydroxylation is 1. The number of aliphatic hydroxyl groups is 1. The van der Waals surface area contributed by atoms with Gasteiger partial charge < -0.3 is 15.2 Å². The standard InChI is InChI=1S/C25H32ClF5N4O3.O2S/c1-5-35-19(17(26)18(34-35)20(36)32-13-24(37)10-8-14(2)9-11-24)16-7-6-15(33-21(16)38-22(27)28)12-23(3,4)25(29,30)31;1-3-2/h6-7,14,22,37H,5,8-13H2,1-4H3,(H,32,36);. The minimum Gasteiger partial charge on any atom is -0.416 e. The molecule has 0 atom stereocenters. The summed E-state index contributed by atoms with van der Waals surface area (Å²) in [5.41, 5.74) is -3.53. The molecular formula is C25H32ClF5N4O5S. The summed E-state index contributed by atoms with van der Waals surface area (Å²) in [6.07, 6.45) is -2.39. The average molecular weight is 631 g/mol. The number of nitrogens with zero attached hydrogens (tertiary/aromatic N) is 3. The number of nitrogens with one attached hydrogen (secondary N) is 1. The summed E-state index contributed by atoms with van der Waals surface area (Å²) in [5, 5.41) is 17.5. The number of hydrogen-bond donors (Lipinski definition) is 2. The fourth-order valence-electron chi connectivity index (χ4n) is 4.36. The molecule has 0 bridgehead atoms. The van der Waals surface area contributed by atoms with E-state index in [1.54, 1.807) is 6.92 Å². The van der Waals surface area contributed by atoms with Crippen LogP contribution in [0.25, 0.3) is 11.3 Å². The highest BCUT2D eigenvalue weighted by atomic mass is 35.5. The summed E-state index contributed by atoms with van der Waals surface area (Å²) >= 11 is 5.75. The normalized spacial score (nSPS) is 19.4. The molecule has 16 heteroatoms. The molecule has 2 N–H and O–H groups in total. The summed E-state index contributed by atoms with van der Waals surface area (Å²) in [6.45, 7) is 2.60. The molecule has 0 saturated heterocycles. The SMILES string of the molecule is CCn1nc(C(=O)NCC2(O)CCC(C)CC2)c(Cl)c1-c1ccc(CC(C)(C)C(F)(F)F)nc1OC(F)F.O=S=O. The van der Waals surface area contributed by atoms with Gasteiger partial charge >= 0.3 is 24.4 Å². The van der Waals surface area contributed by atoms with Gasteiger partial charge in [-0.25, -0.2) is 4.98 Å². The number of pyridine rings is 1. The van der Waals surface area contributed by atoms with Crippen LogP contribution in [0.4, 0.5) is 22.0 Å². The molecule has 1 aliphatic carbocycles. The summed E-state index contributed by atoms with van der Waals surface area (Å²) in [4.78, 5) is 16.9. The average Bonchev–Trinajstić information content (AvgIpc) is 3.20. The zero-order valence-corrected chi connectivity index (χ0v) is 24.4. The van der Waals surface area contributed by atoms with E-state index in [1.165, 1.54) is 16.8 Å². The first-order valence-corrected chi connectivity index (χ1v) is 13.7. The fraction of sp³-hybridized carbons (Fsp3) is 0.640. The maximum absolute atomic E-state index is 13.4. The van der Waals surface area contributed by atoms with Crippen molar-refractivity contribution < 1.29 is 45.0 Å². The highest BCUT2D eigenvalue weighted by Gasteiger charge is 2.47. The molecule has 2 aromatic rings. The second-order valence-electron chi connectivity index (χ2n) is 10.6. The van der Waals surface area contributed by atoms with Crippen LogP contribution in [-0.2, 0) is 24.5 Å². The zero-order chi connectivity index (χ0) is 31.2. The first kappa shape index (κ1) is 34.6. The molecule has 2 heterocycles. The molecule has 0 unspecified atom stereocenters. The number of carbonyl (C=O) groups excluding carboxylic acids is 1. The molecule has 9 nitrogen and oxygen atoms in total.